The van der Waals surface area contributed by atoms with E-state index < -0.39 is 17.6 Å². The van der Waals surface area contributed by atoms with Gasteiger partial charge in [-0.15, -0.1) is 0 Å². The van der Waals surface area contributed by atoms with Crippen LogP contribution in [-0.2, 0) is 12.8 Å². The van der Waals surface area contributed by atoms with Crippen molar-refractivity contribution in [2.45, 2.75) is 31.7 Å². The minimum Gasteiger partial charge on any atom is -0.409 e. The van der Waals surface area contributed by atoms with Crippen molar-refractivity contribution in [3.63, 3.8) is 0 Å². The zero-order valence-corrected chi connectivity index (χ0v) is 17.5. The van der Waals surface area contributed by atoms with Crippen molar-refractivity contribution >= 4 is 11.0 Å². The molecule has 0 saturated carbocycles. The topological polar surface area (TPSA) is 56.9 Å². The van der Waals surface area contributed by atoms with Crippen LogP contribution in [0.5, 0.6) is 0 Å². The summed E-state index contributed by atoms with van der Waals surface area (Å²) in [6, 6.07) is 6.82. The number of piperidine rings is 1. The molecule has 4 heterocycles. The largest absolute Gasteiger partial charge is 0.419 e. The highest BCUT2D eigenvalue weighted by Gasteiger charge is 2.33. The molecule has 0 radical (unpaired) electrons. The summed E-state index contributed by atoms with van der Waals surface area (Å²) in [6.45, 7) is 1.85. The predicted octanol–water partition coefficient (Wildman–Crippen LogP) is 4.61. The number of benzene rings is 1. The van der Waals surface area contributed by atoms with Crippen LogP contribution >= 0.6 is 0 Å². The molecule has 0 aliphatic carbocycles. The molecule has 0 bridgehead atoms. The van der Waals surface area contributed by atoms with Gasteiger partial charge in [0.15, 0.2) is 0 Å². The molecule has 1 aliphatic rings. The molecule has 0 spiro atoms. The van der Waals surface area contributed by atoms with Crippen LogP contribution in [-0.4, -0.2) is 32.6 Å². The van der Waals surface area contributed by atoms with E-state index in [0.29, 0.717) is 17.1 Å². The van der Waals surface area contributed by atoms with Gasteiger partial charge in [-0.1, -0.05) is 6.07 Å². The van der Waals surface area contributed by atoms with Gasteiger partial charge in [-0.2, -0.15) is 23.0 Å². The molecule has 1 saturated heterocycles. The highest BCUT2D eigenvalue weighted by molar-refractivity contribution is 5.80. The third kappa shape index (κ3) is 4.43. The first-order chi connectivity index (χ1) is 15.9. The minimum atomic E-state index is -4.73. The van der Waals surface area contributed by atoms with Crippen molar-refractivity contribution < 1.29 is 22.4 Å². The van der Waals surface area contributed by atoms with Crippen molar-refractivity contribution in [2.75, 3.05) is 13.1 Å². The van der Waals surface area contributed by atoms with Gasteiger partial charge in [0.2, 0.25) is 0 Å². The Labute approximate surface area is 186 Å². The number of hydrogen-bond donors (Lipinski definition) is 1. The SMILES string of the molecule is Fc1cc(COn2ccc3ncc(-c4cnn(C5CCNCC5)c4)cc32)ccc1C(F)(F)F. The normalized spacial score (nSPS) is 15.3. The van der Waals surface area contributed by atoms with E-state index in [9.17, 15) is 17.6 Å². The van der Waals surface area contributed by atoms with Crippen molar-refractivity contribution in [3.05, 3.63) is 72.1 Å². The van der Waals surface area contributed by atoms with E-state index in [0.717, 1.165) is 49.2 Å². The molecule has 5 rings (SSSR count). The molecule has 0 amide bonds. The summed E-state index contributed by atoms with van der Waals surface area (Å²) in [6.07, 6.45) is 4.58. The molecule has 3 aromatic heterocycles. The first-order valence-corrected chi connectivity index (χ1v) is 10.6. The number of fused-ring (bicyclic) bond motifs is 1. The molecule has 1 aliphatic heterocycles. The number of nitrogens with zero attached hydrogens (tertiary/aromatic N) is 4. The summed E-state index contributed by atoms with van der Waals surface area (Å²) in [5.74, 6) is -1.32. The highest BCUT2D eigenvalue weighted by atomic mass is 19.4. The fraction of sp³-hybridized carbons (Fsp3) is 0.304. The molecule has 0 unspecified atom stereocenters. The summed E-state index contributed by atoms with van der Waals surface area (Å²) in [5.41, 5.74) is 2.18. The second kappa shape index (κ2) is 8.51. The Balaban J connectivity index is 1.35. The Morgan fingerprint density at radius 2 is 1.88 bits per heavy atom. The fourth-order valence-electron chi connectivity index (χ4n) is 4.04. The average molecular weight is 459 g/mol. The summed E-state index contributed by atoms with van der Waals surface area (Å²) < 4.78 is 55.6. The van der Waals surface area contributed by atoms with E-state index in [1.807, 2.05) is 23.1 Å². The smallest absolute Gasteiger partial charge is 0.409 e. The minimum absolute atomic E-state index is 0.100. The lowest BCUT2D eigenvalue weighted by Gasteiger charge is -2.22. The lowest BCUT2D eigenvalue weighted by Crippen LogP contribution is -2.29. The van der Waals surface area contributed by atoms with Crippen molar-refractivity contribution in [1.29, 1.82) is 0 Å². The Hall–Kier alpha value is -3.40. The van der Waals surface area contributed by atoms with Gasteiger partial charge >= 0.3 is 6.18 Å². The van der Waals surface area contributed by atoms with Crippen LogP contribution in [0.2, 0.25) is 0 Å². The molecule has 33 heavy (non-hydrogen) atoms. The van der Waals surface area contributed by atoms with Gasteiger partial charge in [0.25, 0.3) is 0 Å². The number of pyridine rings is 1. The number of aromatic nitrogens is 4. The van der Waals surface area contributed by atoms with Gasteiger partial charge in [-0.25, -0.2) is 4.39 Å². The van der Waals surface area contributed by atoms with Crippen LogP contribution < -0.4 is 10.2 Å². The molecular formula is C23H21F4N5O. The molecule has 1 fully saturated rings. The van der Waals surface area contributed by atoms with Gasteiger partial charge < -0.3 is 10.2 Å². The maximum atomic E-state index is 13.8. The number of hydrogen-bond acceptors (Lipinski definition) is 4. The molecule has 0 atom stereocenters. The quantitative estimate of drug-likeness (QED) is 0.443. The molecule has 172 valence electrons. The molecule has 1 N–H and O–H groups in total. The van der Waals surface area contributed by atoms with Crippen LogP contribution in [0.4, 0.5) is 17.6 Å². The van der Waals surface area contributed by atoms with Crippen molar-refractivity contribution in [3.8, 4) is 11.1 Å². The maximum Gasteiger partial charge on any atom is 0.419 e. The second-order valence-electron chi connectivity index (χ2n) is 8.05. The molecular weight excluding hydrogens is 438 g/mol. The average Bonchev–Trinajstić information content (AvgIpc) is 3.44. The van der Waals surface area contributed by atoms with Crippen molar-refractivity contribution in [1.82, 2.24) is 24.8 Å². The Morgan fingerprint density at radius 3 is 2.64 bits per heavy atom. The third-order valence-corrected chi connectivity index (χ3v) is 5.83. The van der Waals surface area contributed by atoms with Crippen molar-refractivity contribution in [2.24, 2.45) is 0 Å². The Bertz CT molecular complexity index is 1270. The summed E-state index contributed by atoms with van der Waals surface area (Å²) >= 11 is 0. The van der Waals surface area contributed by atoms with Gasteiger partial charge in [0, 0.05) is 29.7 Å². The van der Waals surface area contributed by atoms with E-state index in [2.05, 4.69) is 15.4 Å². The van der Waals surface area contributed by atoms with Crippen LogP contribution in [0, 0.1) is 5.82 Å². The number of alkyl halides is 3. The Morgan fingerprint density at radius 1 is 1.06 bits per heavy atom. The first-order valence-electron chi connectivity index (χ1n) is 10.6. The van der Waals surface area contributed by atoms with Crippen LogP contribution in [0.25, 0.3) is 22.2 Å². The van der Waals surface area contributed by atoms with Crippen LogP contribution in [0.15, 0.2) is 55.1 Å². The predicted molar refractivity (Wildman–Crippen MR) is 114 cm³/mol. The fourth-order valence-corrected chi connectivity index (χ4v) is 4.04. The van der Waals surface area contributed by atoms with Gasteiger partial charge in [-0.05, 0) is 55.8 Å². The molecule has 6 nitrogen and oxygen atoms in total. The van der Waals surface area contributed by atoms with Crippen LogP contribution in [0.1, 0.15) is 30.0 Å². The molecule has 1 aromatic carbocycles. The van der Waals surface area contributed by atoms with Gasteiger partial charge in [0.1, 0.15) is 17.9 Å². The highest BCUT2D eigenvalue weighted by Crippen LogP contribution is 2.31. The number of halogens is 4. The second-order valence-corrected chi connectivity index (χ2v) is 8.05. The van der Waals surface area contributed by atoms with E-state index in [1.54, 1.807) is 18.5 Å². The number of rotatable bonds is 5. The zero-order valence-electron chi connectivity index (χ0n) is 17.5. The van der Waals surface area contributed by atoms with Crippen LogP contribution in [0.3, 0.4) is 0 Å². The molecule has 4 aromatic rings. The van der Waals surface area contributed by atoms with E-state index in [4.69, 9.17) is 4.84 Å². The lowest BCUT2D eigenvalue weighted by molar-refractivity contribution is -0.140. The third-order valence-electron chi connectivity index (χ3n) is 5.83. The number of nitrogens with one attached hydrogen (secondary N) is 1. The van der Waals surface area contributed by atoms with E-state index in [-0.39, 0.29) is 12.2 Å². The first kappa shape index (κ1) is 21.4. The summed E-state index contributed by atoms with van der Waals surface area (Å²) in [4.78, 5) is 10.2. The summed E-state index contributed by atoms with van der Waals surface area (Å²) in [5, 5.41) is 7.87. The standard InChI is InChI=1S/C23H21F4N5O/c24-20-9-15(1-2-19(20)23(25,26)27)14-33-32-8-5-21-22(32)10-16(11-29-21)17-12-30-31(13-17)18-3-6-28-7-4-18/h1-2,5,8-13,18,28H,3-4,6-7,14H2. The lowest BCUT2D eigenvalue weighted by atomic mass is 10.1. The zero-order chi connectivity index (χ0) is 23.0. The maximum absolute atomic E-state index is 13.8. The van der Waals surface area contributed by atoms with Gasteiger partial charge in [0.05, 0.1) is 23.3 Å². The van der Waals surface area contributed by atoms with Gasteiger partial charge in [-0.3, -0.25) is 9.67 Å². The summed E-state index contributed by atoms with van der Waals surface area (Å²) in [7, 11) is 0. The molecule has 10 heteroatoms. The van der Waals surface area contributed by atoms with E-state index in [1.165, 1.54) is 10.8 Å². The van der Waals surface area contributed by atoms with E-state index >= 15 is 0 Å². The Kier molecular flexibility index (Phi) is 5.53. The monoisotopic (exact) mass is 459 g/mol.